The molecule has 24 heavy (non-hydrogen) atoms. The zero-order chi connectivity index (χ0) is 16.9. The number of nitrogens with one attached hydrogen (secondary N) is 2. The van der Waals surface area contributed by atoms with Gasteiger partial charge >= 0.3 is 0 Å². The van der Waals surface area contributed by atoms with Crippen LogP contribution in [0.3, 0.4) is 0 Å². The van der Waals surface area contributed by atoms with Crippen LogP contribution in [0.25, 0.3) is 0 Å². The van der Waals surface area contributed by atoms with Crippen LogP contribution in [-0.2, 0) is 0 Å². The molecule has 6 heteroatoms. The van der Waals surface area contributed by atoms with Gasteiger partial charge in [-0.2, -0.15) is 0 Å². The summed E-state index contributed by atoms with van der Waals surface area (Å²) in [6, 6.07) is 11.7. The number of likely N-dealkylation sites (N-methyl/N-ethyl adjacent to an activating group) is 1. The summed E-state index contributed by atoms with van der Waals surface area (Å²) in [6.07, 6.45) is 1.62. The van der Waals surface area contributed by atoms with E-state index in [1.807, 2.05) is 18.2 Å². The molecule has 3 rings (SSSR count). The molecule has 0 saturated carbocycles. The maximum absolute atomic E-state index is 12.5. The Bertz CT molecular complexity index is 665. The van der Waals surface area contributed by atoms with E-state index in [1.165, 1.54) is 0 Å². The van der Waals surface area contributed by atoms with E-state index in [0.29, 0.717) is 10.7 Å². The molecule has 2 aromatic rings. The Morgan fingerprint density at radius 3 is 2.58 bits per heavy atom. The topological polar surface area (TPSA) is 51.4 Å². The van der Waals surface area contributed by atoms with Crippen LogP contribution in [0.2, 0.25) is 5.02 Å². The lowest BCUT2D eigenvalue weighted by atomic mass is 10.1. The average Bonchev–Trinajstić information content (AvgIpc) is 3.03. The molecule has 0 bridgehead atoms. The number of halogens is 1. The highest BCUT2D eigenvalue weighted by atomic mass is 35.5. The molecule has 128 valence electrons. The first-order valence-electron chi connectivity index (χ1n) is 8.22. The molecular weight excluding hydrogens is 324 g/mol. The first kappa shape index (κ1) is 17.0. The zero-order valence-corrected chi connectivity index (χ0v) is 14.6. The highest BCUT2D eigenvalue weighted by Gasteiger charge is 2.22. The molecule has 1 aliphatic rings. The van der Waals surface area contributed by atoms with Crippen LogP contribution in [0, 0.1) is 0 Å². The van der Waals surface area contributed by atoms with E-state index < -0.39 is 0 Å². The molecule has 1 fully saturated rings. The number of nitrogens with zero attached hydrogens (tertiary/aromatic N) is 2. The van der Waals surface area contributed by atoms with Gasteiger partial charge in [0.15, 0.2) is 0 Å². The highest BCUT2D eigenvalue weighted by Crippen LogP contribution is 2.17. The van der Waals surface area contributed by atoms with Gasteiger partial charge in [0.25, 0.3) is 5.91 Å². The minimum Gasteiger partial charge on any atom is -0.356 e. The minimum absolute atomic E-state index is 0.0517. The molecule has 1 aliphatic heterocycles. The summed E-state index contributed by atoms with van der Waals surface area (Å²) in [6.45, 7) is 4.95. The summed E-state index contributed by atoms with van der Waals surface area (Å²) in [5.41, 5.74) is 1.60. The second-order valence-electron chi connectivity index (χ2n) is 6.27. The first-order valence-corrected chi connectivity index (χ1v) is 8.60. The maximum atomic E-state index is 12.5. The Morgan fingerprint density at radius 1 is 1.25 bits per heavy atom. The quantitative estimate of drug-likeness (QED) is 0.874. The van der Waals surface area contributed by atoms with Crippen LogP contribution in [0.5, 0.6) is 0 Å². The molecule has 1 aromatic carbocycles. The Labute approximate surface area is 147 Å². The molecule has 1 atom stereocenters. The Morgan fingerprint density at radius 2 is 1.96 bits per heavy atom. The molecule has 5 nitrogen and oxygen atoms in total. The molecular formula is C18H23ClN4O. The third-order valence-corrected chi connectivity index (χ3v) is 4.65. The SMILES string of the molecule is CN1CCN(CC(NC(=O)c2cc(Cl)c[nH]2)c2ccccc2)CC1. The van der Waals surface area contributed by atoms with Crippen molar-refractivity contribution in [3.63, 3.8) is 0 Å². The zero-order valence-electron chi connectivity index (χ0n) is 13.8. The number of carbonyl (C=O) groups excluding carboxylic acids is 1. The van der Waals surface area contributed by atoms with Gasteiger partial charge in [0.05, 0.1) is 11.1 Å². The van der Waals surface area contributed by atoms with E-state index in [-0.39, 0.29) is 11.9 Å². The van der Waals surface area contributed by atoms with E-state index >= 15 is 0 Å². The number of hydrogen-bond acceptors (Lipinski definition) is 3. The lowest BCUT2D eigenvalue weighted by Gasteiger charge is -2.35. The molecule has 1 saturated heterocycles. The molecule has 0 spiro atoms. The van der Waals surface area contributed by atoms with Crippen LogP contribution in [0.15, 0.2) is 42.6 Å². The molecule has 2 N–H and O–H groups in total. The van der Waals surface area contributed by atoms with Crippen molar-refractivity contribution in [3.8, 4) is 0 Å². The van der Waals surface area contributed by atoms with Crippen molar-refractivity contribution in [1.29, 1.82) is 0 Å². The number of carbonyl (C=O) groups is 1. The smallest absolute Gasteiger partial charge is 0.268 e. The van der Waals surface area contributed by atoms with Crippen LogP contribution in [0.4, 0.5) is 0 Å². The third kappa shape index (κ3) is 4.38. The number of aromatic nitrogens is 1. The number of H-pyrrole nitrogens is 1. The number of rotatable bonds is 5. The van der Waals surface area contributed by atoms with Gasteiger partial charge < -0.3 is 15.2 Å². The van der Waals surface area contributed by atoms with Gasteiger partial charge in [-0.3, -0.25) is 9.69 Å². The van der Waals surface area contributed by atoms with Gasteiger partial charge in [0, 0.05) is 38.9 Å². The fourth-order valence-electron chi connectivity index (χ4n) is 2.94. The Balaban J connectivity index is 1.71. The summed E-state index contributed by atoms with van der Waals surface area (Å²) in [4.78, 5) is 20.1. The second-order valence-corrected chi connectivity index (χ2v) is 6.71. The summed E-state index contributed by atoms with van der Waals surface area (Å²) >= 11 is 5.90. The van der Waals surface area contributed by atoms with Crippen LogP contribution < -0.4 is 5.32 Å². The molecule has 0 aliphatic carbocycles. The number of aromatic amines is 1. The van der Waals surface area contributed by atoms with Gasteiger partial charge in [-0.25, -0.2) is 0 Å². The van der Waals surface area contributed by atoms with E-state index in [1.54, 1.807) is 12.3 Å². The predicted molar refractivity (Wildman–Crippen MR) is 96.4 cm³/mol. The van der Waals surface area contributed by atoms with Crippen molar-refractivity contribution < 1.29 is 4.79 Å². The van der Waals surface area contributed by atoms with Crippen molar-refractivity contribution in [1.82, 2.24) is 20.1 Å². The predicted octanol–water partition coefficient (Wildman–Crippen LogP) is 2.39. The fourth-order valence-corrected chi connectivity index (χ4v) is 3.11. The molecule has 1 amide bonds. The lowest BCUT2D eigenvalue weighted by molar-refractivity contribution is 0.0903. The van der Waals surface area contributed by atoms with Gasteiger partial charge in [0.1, 0.15) is 5.69 Å². The van der Waals surface area contributed by atoms with E-state index in [0.717, 1.165) is 38.3 Å². The number of benzene rings is 1. The van der Waals surface area contributed by atoms with Crippen LogP contribution >= 0.6 is 11.6 Å². The van der Waals surface area contributed by atoms with Crippen molar-refractivity contribution in [2.24, 2.45) is 0 Å². The lowest BCUT2D eigenvalue weighted by Crippen LogP contribution is -2.47. The summed E-state index contributed by atoms with van der Waals surface area (Å²) < 4.78 is 0. The number of amides is 1. The van der Waals surface area contributed by atoms with E-state index in [4.69, 9.17) is 11.6 Å². The van der Waals surface area contributed by atoms with Gasteiger partial charge in [-0.15, -0.1) is 0 Å². The van der Waals surface area contributed by atoms with Crippen LogP contribution in [0.1, 0.15) is 22.1 Å². The van der Waals surface area contributed by atoms with Crippen molar-refractivity contribution in [2.45, 2.75) is 6.04 Å². The molecule has 0 radical (unpaired) electrons. The summed E-state index contributed by atoms with van der Waals surface area (Å²) in [7, 11) is 2.14. The Kier molecular flexibility index (Phi) is 5.56. The standard InChI is InChI=1S/C18H23ClN4O/c1-22-7-9-23(10-8-22)13-17(14-5-3-2-4-6-14)21-18(24)16-11-15(19)12-20-16/h2-6,11-12,17,20H,7-10,13H2,1H3,(H,21,24). The summed E-state index contributed by atoms with van der Waals surface area (Å²) in [5.74, 6) is -0.134. The van der Waals surface area contributed by atoms with Crippen molar-refractivity contribution >= 4 is 17.5 Å². The third-order valence-electron chi connectivity index (χ3n) is 4.44. The van der Waals surface area contributed by atoms with E-state index in [2.05, 4.69) is 39.3 Å². The van der Waals surface area contributed by atoms with Crippen molar-refractivity contribution in [2.75, 3.05) is 39.8 Å². The van der Waals surface area contributed by atoms with Gasteiger partial charge in [0.2, 0.25) is 0 Å². The van der Waals surface area contributed by atoms with E-state index in [9.17, 15) is 4.79 Å². The minimum atomic E-state index is -0.134. The first-order chi connectivity index (χ1) is 11.6. The molecule has 2 heterocycles. The molecule has 1 aromatic heterocycles. The monoisotopic (exact) mass is 346 g/mol. The number of piperazine rings is 1. The van der Waals surface area contributed by atoms with Gasteiger partial charge in [-0.1, -0.05) is 41.9 Å². The Hall–Kier alpha value is -1.82. The second kappa shape index (κ2) is 7.83. The largest absolute Gasteiger partial charge is 0.356 e. The average molecular weight is 347 g/mol. The highest BCUT2D eigenvalue weighted by molar-refractivity contribution is 6.30. The summed E-state index contributed by atoms with van der Waals surface area (Å²) in [5, 5.41) is 3.67. The van der Waals surface area contributed by atoms with Crippen LogP contribution in [-0.4, -0.2) is 60.5 Å². The van der Waals surface area contributed by atoms with Crippen molar-refractivity contribution in [3.05, 3.63) is 58.9 Å². The normalized spacial score (nSPS) is 17.6. The fraction of sp³-hybridized carbons (Fsp3) is 0.389. The van der Waals surface area contributed by atoms with Gasteiger partial charge in [-0.05, 0) is 18.7 Å². The molecule has 1 unspecified atom stereocenters. The number of hydrogen-bond donors (Lipinski definition) is 2. The maximum Gasteiger partial charge on any atom is 0.268 e.